The van der Waals surface area contributed by atoms with E-state index in [4.69, 9.17) is 4.98 Å². The fourth-order valence-electron chi connectivity index (χ4n) is 5.97. The third-order valence-electron chi connectivity index (χ3n) is 7.74. The van der Waals surface area contributed by atoms with Gasteiger partial charge >= 0.3 is 0 Å². The Hall–Kier alpha value is -5.41. The summed E-state index contributed by atoms with van der Waals surface area (Å²) in [5.41, 5.74) is 10.3. The summed E-state index contributed by atoms with van der Waals surface area (Å²) in [5.74, 6) is 0.942. The van der Waals surface area contributed by atoms with Gasteiger partial charge in [0.2, 0.25) is 0 Å². The van der Waals surface area contributed by atoms with Crippen molar-refractivity contribution >= 4 is 32.8 Å². The Balaban J connectivity index is 1.31. The molecular formula is C37H25N3. The van der Waals surface area contributed by atoms with Crippen LogP contribution in [-0.4, -0.2) is 14.1 Å². The number of para-hydroxylation sites is 5. The standard InChI is InChI=1S/C37H25N3/c1-3-12-28(13-4-1)39-33-19-9-7-16-31(33)36-30(17-11-21-35(36)39)26-22-24-27(25-23-26)37-38-32-18-8-10-20-34(32)40(37)29-14-5-2-6-15-29/h1-25H. The predicted molar refractivity (Wildman–Crippen MR) is 166 cm³/mol. The fraction of sp³-hybridized carbons (Fsp3) is 0. The van der Waals surface area contributed by atoms with Gasteiger partial charge in [0.15, 0.2) is 0 Å². The average molecular weight is 512 g/mol. The maximum absolute atomic E-state index is 5.05. The number of imidazole rings is 1. The highest BCUT2D eigenvalue weighted by molar-refractivity contribution is 6.15. The van der Waals surface area contributed by atoms with Gasteiger partial charge < -0.3 is 4.57 Å². The average Bonchev–Trinajstić information content (AvgIpc) is 3.58. The molecular weight excluding hydrogens is 486 g/mol. The monoisotopic (exact) mass is 511 g/mol. The molecule has 6 aromatic carbocycles. The molecule has 188 valence electrons. The Morgan fingerprint density at radius 1 is 0.400 bits per heavy atom. The van der Waals surface area contributed by atoms with E-state index in [1.165, 1.54) is 38.6 Å². The molecule has 0 aliphatic carbocycles. The zero-order chi connectivity index (χ0) is 26.5. The number of hydrogen-bond donors (Lipinski definition) is 0. The lowest BCUT2D eigenvalue weighted by Crippen LogP contribution is -1.97. The first kappa shape index (κ1) is 22.6. The Kier molecular flexibility index (Phi) is 5.14. The van der Waals surface area contributed by atoms with Crippen LogP contribution in [0.15, 0.2) is 152 Å². The molecule has 0 amide bonds. The molecule has 0 unspecified atom stereocenters. The molecule has 0 bridgehead atoms. The van der Waals surface area contributed by atoms with E-state index in [0.29, 0.717) is 0 Å². The SMILES string of the molecule is c1ccc(-n2c(-c3ccc(-c4cccc5c4c4ccccc4n5-c4ccccc4)cc3)nc3ccccc32)cc1. The van der Waals surface area contributed by atoms with Crippen LogP contribution < -0.4 is 0 Å². The molecule has 0 fully saturated rings. The van der Waals surface area contributed by atoms with Crippen molar-refractivity contribution in [3.63, 3.8) is 0 Å². The van der Waals surface area contributed by atoms with Gasteiger partial charge in [-0.1, -0.05) is 103 Å². The zero-order valence-corrected chi connectivity index (χ0v) is 21.8. The van der Waals surface area contributed by atoms with E-state index in [-0.39, 0.29) is 0 Å². The molecule has 0 atom stereocenters. The minimum absolute atomic E-state index is 0.942. The maximum atomic E-state index is 5.05. The lowest BCUT2D eigenvalue weighted by molar-refractivity contribution is 1.10. The molecule has 8 aromatic rings. The van der Waals surface area contributed by atoms with Gasteiger partial charge in [-0.05, 0) is 59.7 Å². The van der Waals surface area contributed by atoms with E-state index in [1.807, 2.05) is 12.1 Å². The highest BCUT2D eigenvalue weighted by Crippen LogP contribution is 2.39. The molecule has 2 heterocycles. The van der Waals surface area contributed by atoms with Crippen molar-refractivity contribution in [1.29, 1.82) is 0 Å². The van der Waals surface area contributed by atoms with Gasteiger partial charge in [0.05, 0.1) is 22.1 Å². The first-order valence-corrected chi connectivity index (χ1v) is 13.6. The van der Waals surface area contributed by atoms with E-state index in [1.54, 1.807) is 0 Å². The molecule has 0 spiro atoms. The summed E-state index contributed by atoms with van der Waals surface area (Å²) in [6, 6.07) is 53.6. The van der Waals surface area contributed by atoms with Crippen molar-refractivity contribution in [1.82, 2.24) is 14.1 Å². The summed E-state index contributed by atoms with van der Waals surface area (Å²) in [6.45, 7) is 0. The topological polar surface area (TPSA) is 22.8 Å². The minimum Gasteiger partial charge on any atom is -0.309 e. The van der Waals surface area contributed by atoms with Crippen LogP contribution in [0.2, 0.25) is 0 Å². The van der Waals surface area contributed by atoms with E-state index >= 15 is 0 Å². The van der Waals surface area contributed by atoms with Crippen molar-refractivity contribution in [3.05, 3.63) is 152 Å². The van der Waals surface area contributed by atoms with Gasteiger partial charge in [-0.15, -0.1) is 0 Å². The summed E-state index contributed by atoms with van der Waals surface area (Å²) < 4.78 is 4.61. The molecule has 8 rings (SSSR count). The van der Waals surface area contributed by atoms with Crippen molar-refractivity contribution in [2.75, 3.05) is 0 Å². The molecule has 0 radical (unpaired) electrons. The minimum atomic E-state index is 0.942. The van der Waals surface area contributed by atoms with Crippen molar-refractivity contribution in [2.45, 2.75) is 0 Å². The van der Waals surface area contributed by atoms with E-state index in [0.717, 1.165) is 28.1 Å². The van der Waals surface area contributed by atoms with Crippen LogP contribution >= 0.6 is 0 Å². The first-order valence-electron chi connectivity index (χ1n) is 13.6. The maximum Gasteiger partial charge on any atom is 0.145 e. The number of benzene rings is 6. The quantitative estimate of drug-likeness (QED) is 0.231. The second kappa shape index (κ2) is 9.11. The van der Waals surface area contributed by atoms with Crippen molar-refractivity contribution in [3.8, 4) is 33.9 Å². The van der Waals surface area contributed by atoms with Crippen LogP contribution in [0.4, 0.5) is 0 Å². The van der Waals surface area contributed by atoms with Gasteiger partial charge in [0, 0.05) is 27.7 Å². The fourth-order valence-corrected chi connectivity index (χ4v) is 5.97. The molecule has 2 aromatic heterocycles. The van der Waals surface area contributed by atoms with Crippen LogP contribution in [0.5, 0.6) is 0 Å². The molecule has 0 saturated carbocycles. The second-order valence-electron chi connectivity index (χ2n) is 10.1. The highest BCUT2D eigenvalue weighted by atomic mass is 15.1. The van der Waals surface area contributed by atoms with Crippen LogP contribution in [0, 0.1) is 0 Å². The summed E-state index contributed by atoms with van der Waals surface area (Å²) in [4.78, 5) is 5.05. The number of rotatable bonds is 4. The number of fused-ring (bicyclic) bond motifs is 4. The van der Waals surface area contributed by atoms with Gasteiger partial charge in [0.1, 0.15) is 5.82 Å². The van der Waals surface area contributed by atoms with Crippen molar-refractivity contribution < 1.29 is 0 Å². The highest BCUT2D eigenvalue weighted by Gasteiger charge is 2.17. The Labute approximate surface area is 232 Å². The van der Waals surface area contributed by atoms with Crippen LogP contribution in [-0.2, 0) is 0 Å². The molecule has 3 heteroatoms. The van der Waals surface area contributed by atoms with E-state index in [9.17, 15) is 0 Å². The van der Waals surface area contributed by atoms with Gasteiger partial charge in [-0.3, -0.25) is 4.57 Å². The zero-order valence-electron chi connectivity index (χ0n) is 21.8. The van der Waals surface area contributed by atoms with Gasteiger partial charge in [-0.2, -0.15) is 0 Å². The number of nitrogens with zero attached hydrogens (tertiary/aromatic N) is 3. The van der Waals surface area contributed by atoms with Crippen LogP contribution in [0.3, 0.4) is 0 Å². The molecule has 0 aliphatic rings. The van der Waals surface area contributed by atoms with Gasteiger partial charge in [-0.25, -0.2) is 4.98 Å². The predicted octanol–water partition coefficient (Wildman–Crippen LogP) is 9.46. The number of hydrogen-bond acceptors (Lipinski definition) is 1. The molecule has 40 heavy (non-hydrogen) atoms. The largest absolute Gasteiger partial charge is 0.309 e. The number of aromatic nitrogens is 3. The molecule has 3 nitrogen and oxygen atoms in total. The second-order valence-corrected chi connectivity index (χ2v) is 10.1. The smallest absolute Gasteiger partial charge is 0.145 e. The summed E-state index contributed by atoms with van der Waals surface area (Å²) in [5, 5.41) is 2.53. The third-order valence-corrected chi connectivity index (χ3v) is 7.74. The van der Waals surface area contributed by atoms with Crippen LogP contribution in [0.25, 0.3) is 66.7 Å². The van der Waals surface area contributed by atoms with E-state index in [2.05, 4.69) is 149 Å². The normalized spacial score (nSPS) is 11.5. The van der Waals surface area contributed by atoms with Crippen LogP contribution in [0.1, 0.15) is 0 Å². The lowest BCUT2D eigenvalue weighted by Gasteiger charge is -2.11. The van der Waals surface area contributed by atoms with Crippen molar-refractivity contribution in [2.24, 2.45) is 0 Å². The molecule has 0 saturated heterocycles. The first-order chi connectivity index (χ1) is 19.9. The molecule has 0 N–H and O–H groups in total. The summed E-state index contributed by atoms with van der Waals surface area (Å²) >= 11 is 0. The van der Waals surface area contributed by atoms with Gasteiger partial charge in [0.25, 0.3) is 0 Å². The lowest BCUT2D eigenvalue weighted by atomic mass is 9.98. The summed E-state index contributed by atoms with van der Waals surface area (Å²) in [6.07, 6.45) is 0. The van der Waals surface area contributed by atoms with E-state index < -0.39 is 0 Å². The Bertz CT molecular complexity index is 2130. The third kappa shape index (κ3) is 3.49. The Morgan fingerprint density at radius 3 is 1.73 bits per heavy atom. The summed E-state index contributed by atoms with van der Waals surface area (Å²) in [7, 11) is 0. The molecule has 0 aliphatic heterocycles. The Morgan fingerprint density at radius 2 is 0.975 bits per heavy atom.